The molecule has 2 unspecified atom stereocenters. The highest BCUT2D eigenvalue weighted by atomic mass is 16.5. The van der Waals surface area contributed by atoms with Gasteiger partial charge in [-0.1, -0.05) is 12.1 Å². The third kappa shape index (κ3) is 3.30. The number of aromatic nitrogens is 3. The zero-order chi connectivity index (χ0) is 13.8. The fourth-order valence-electron chi connectivity index (χ4n) is 2.32. The number of nitrogens with two attached hydrogens (primary N) is 1. The summed E-state index contributed by atoms with van der Waals surface area (Å²) in [6.07, 6.45) is 2.79. The van der Waals surface area contributed by atoms with E-state index in [-0.39, 0.29) is 18.6 Å². The third-order valence-electron chi connectivity index (χ3n) is 3.64. The molecule has 0 saturated carbocycles. The van der Waals surface area contributed by atoms with Crippen molar-refractivity contribution in [1.29, 1.82) is 0 Å². The van der Waals surface area contributed by atoms with Crippen LogP contribution < -0.4 is 5.73 Å². The van der Waals surface area contributed by atoms with Crippen LogP contribution in [0, 0.1) is 5.92 Å². The average Bonchev–Trinajstić information content (AvgIpc) is 2.86. The molecule has 2 atom stereocenters. The molecular formula is C12H21N5O2. The molecule has 2 heterocycles. The molecule has 106 valence electrons. The first-order valence-corrected chi connectivity index (χ1v) is 6.53. The van der Waals surface area contributed by atoms with Crippen LogP contribution in [0.4, 0.5) is 0 Å². The van der Waals surface area contributed by atoms with E-state index in [1.807, 2.05) is 4.90 Å². The van der Waals surface area contributed by atoms with Crippen molar-refractivity contribution in [3.05, 3.63) is 11.9 Å². The maximum atomic E-state index is 12.2. The normalized spacial score (nSPS) is 23.6. The van der Waals surface area contributed by atoms with Gasteiger partial charge in [0.1, 0.15) is 6.54 Å². The summed E-state index contributed by atoms with van der Waals surface area (Å²) in [6.45, 7) is 4.12. The number of methoxy groups -OCH3 is 1. The Labute approximate surface area is 112 Å². The molecule has 0 radical (unpaired) electrons. The second-order valence-corrected chi connectivity index (χ2v) is 4.99. The molecule has 1 amide bonds. The SMILES string of the molecule is COC1CN(C(=O)Cn2cc(CN)nn2)CCC1C. The van der Waals surface area contributed by atoms with Gasteiger partial charge < -0.3 is 15.4 Å². The van der Waals surface area contributed by atoms with Gasteiger partial charge in [-0.05, 0) is 12.3 Å². The fourth-order valence-corrected chi connectivity index (χ4v) is 2.32. The fraction of sp³-hybridized carbons (Fsp3) is 0.750. The maximum Gasteiger partial charge on any atom is 0.244 e. The summed E-state index contributed by atoms with van der Waals surface area (Å²) in [6, 6.07) is 0. The monoisotopic (exact) mass is 267 g/mol. The molecule has 1 aromatic heterocycles. The van der Waals surface area contributed by atoms with Crippen LogP contribution in [0.3, 0.4) is 0 Å². The van der Waals surface area contributed by atoms with Gasteiger partial charge in [0.2, 0.25) is 5.91 Å². The summed E-state index contributed by atoms with van der Waals surface area (Å²) in [4.78, 5) is 14.0. The molecule has 0 aliphatic carbocycles. The van der Waals surface area contributed by atoms with Gasteiger partial charge in [0, 0.05) is 26.7 Å². The van der Waals surface area contributed by atoms with E-state index in [2.05, 4.69) is 17.2 Å². The molecule has 1 aliphatic rings. The minimum Gasteiger partial charge on any atom is -0.379 e. The third-order valence-corrected chi connectivity index (χ3v) is 3.64. The van der Waals surface area contributed by atoms with Gasteiger partial charge in [-0.15, -0.1) is 5.10 Å². The van der Waals surface area contributed by atoms with Gasteiger partial charge >= 0.3 is 0 Å². The van der Waals surface area contributed by atoms with Gasteiger partial charge in [0.15, 0.2) is 0 Å². The number of rotatable bonds is 4. The summed E-state index contributed by atoms with van der Waals surface area (Å²) in [5.41, 5.74) is 6.15. The van der Waals surface area contributed by atoms with Gasteiger partial charge in [0.05, 0.1) is 18.0 Å². The number of ether oxygens (including phenoxy) is 1. The summed E-state index contributed by atoms with van der Waals surface area (Å²) < 4.78 is 6.94. The van der Waals surface area contributed by atoms with Crippen LogP contribution in [-0.2, 0) is 22.6 Å². The predicted molar refractivity (Wildman–Crippen MR) is 69.1 cm³/mol. The van der Waals surface area contributed by atoms with Crippen LogP contribution in [0.15, 0.2) is 6.20 Å². The number of carbonyl (C=O) groups excluding carboxylic acids is 1. The van der Waals surface area contributed by atoms with E-state index in [0.717, 1.165) is 13.0 Å². The van der Waals surface area contributed by atoms with Crippen molar-refractivity contribution in [2.24, 2.45) is 11.7 Å². The number of hydrogen-bond acceptors (Lipinski definition) is 5. The zero-order valence-corrected chi connectivity index (χ0v) is 11.5. The van der Waals surface area contributed by atoms with Crippen LogP contribution in [0.1, 0.15) is 19.0 Å². The summed E-state index contributed by atoms with van der Waals surface area (Å²) in [5, 5.41) is 7.75. The summed E-state index contributed by atoms with van der Waals surface area (Å²) in [7, 11) is 1.69. The molecule has 1 aliphatic heterocycles. The first-order valence-electron chi connectivity index (χ1n) is 6.53. The average molecular weight is 267 g/mol. The molecule has 2 rings (SSSR count). The Morgan fingerprint density at radius 3 is 3.05 bits per heavy atom. The molecule has 0 aromatic carbocycles. The number of hydrogen-bond donors (Lipinski definition) is 1. The second kappa shape index (κ2) is 6.12. The van der Waals surface area contributed by atoms with Gasteiger partial charge in [-0.3, -0.25) is 4.79 Å². The van der Waals surface area contributed by atoms with E-state index in [4.69, 9.17) is 10.5 Å². The van der Waals surface area contributed by atoms with Crippen molar-refractivity contribution in [1.82, 2.24) is 19.9 Å². The minimum atomic E-state index is 0.0439. The van der Waals surface area contributed by atoms with E-state index in [1.54, 1.807) is 13.3 Å². The van der Waals surface area contributed by atoms with E-state index < -0.39 is 0 Å². The quantitative estimate of drug-likeness (QED) is 0.803. The molecule has 0 spiro atoms. The van der Waals surface area contributed by atoms with Crippen LogP contribution >= 0.6 is 0 Å². The minimum absolute atomic E-state index is 0.0439. The molecule has 1 aromatic rings. The summed E-state index contributed by atoms with van der Waals surface area (Å²) >= 11 is 0. The van der Waals surface area contributed by atoms with Crippen LogP contribution in [0.25, 0.3) is 0 Å². The van der Waals surface area contributed by atoms with Crippen LogP contribution in [0.2, 0.25) is 0 Å². The molecule has 7 heteroatoms. The van der Waals surface area contributed by atoms with E-state index in [9.17, 15) is 4.79 Å². The lowest BCUT2D eigenvalue weighted by molar-refractivity contribution is -0.137. The number of carbonyl (C=O) groups is 1. The number of likely N-dealkylation sites (tertiary alicyclic amines) is 1. The van der Waals surface area contributed by atoms with Gasteiger partial charge in [0.25, 0.3) is 0 Å². The largest absolute Gasteiger partial charge is 0.379 e. The van der Waals surface area contributed by atoms with Gasteiger partial charge in [-0.2, -0.15) is 0 Å². The van der Waals surface area contributed by atoms with Crippen molar-refractivity contribution in [3.63, 3.8) is 0 Å². The molecule has 1 fully saturated rings. The van der Waals surface area contributed by atoms with Crippen LogP contribution in [-0.4, -0.2) is 52.1 Å². The number of amides is 1. The van der Waals surface area contributed by atoms with Gasteiger partial charge in [-0.25, -0.2) is 4.68 Å². The van der Waals surface area contributed by atoms with E-state index in [0.29, 0.717) is 24.7 Å². The molecule has 1 saturated heterocycles. The summed E-state index contributed by atoms with van der Waals surface area (Å²) in [5.74, 6) is 0.534. The lowest BCUT2D eigenvalue weighted by Gasteiger charge is -2.36. The Morgan fingerprint density at radius 2 is 2.42 bits per heavy atom. The van der Waals surface area contributed by atoms with Crippen molar-refractivity contribution < 1.29 is 9.53 Å². The highest BCUT2D eigenvalue weighted by Crippen LogP contribution is 2.19. The molecule has 2 N–H and O–H groups in total. The Hall–Kier alpha value is -1.47. The smallest absolute Gasteiger partial charge is 0.244 e. The maximum absolute atomic E-state index is 12.2. The Bertz CT molecular complexity index is 434. The highest BCUT2D eigenvalue weighted by molar-refractivity contribution is 5.76. The number of nitrogens with zero attached hydrogens (tertiary/aromatic N) is 4. The van der Waals surface area contributed by atoms with E-state index in [1.165, 1.54) is 4.68 Å². The van der Waals surface area contributed by atoms with Crippen molar-refractivity contribution in [2.75, 3.05) is 20.2 Å². The number of piperidine rings is 1. The second-order valence-electron chi connectivity index (χ2n) is 4.99. The Kier molecular flexibility index (Phi) is 4.49. The van der Waals surface area contributed by atoms with Crippen molar-refractivity contribution in [2.45, 2.75) is 32.5 Å². The first kappa shape index (κ1) is 14.0. The molecule has 0 bridgehead atoms. The lowest BCUT2D eigenvalue weighted by Crippen LogP contribution is -2.47. The highest BCUT2D eigenvalue weighted by Gasteiger charge is 2.28. The standard InChI is InChI=1S/C12H21N5O2/c1-9-3-4-16(7-11(9)19-2)12(18)8-17-6-10(5-13)14-15-17/h6,9,11H,3-5,7-8,13H2,1-2H3. The van der Waals surface area contributed by atoms with Crippen LogP contribution in [0.5, 0.6) is 0 Å². The van der Waals surface area contributed by atoms with Crippen molar-refractivity contribution >= 4 is 5.91 Å². The zero-order valence-electron chi connectivity index (χ0n) is 11.5. The van der Waals surface area contributed by atoms with Crippen molar-refractivity contribution in [3.8, 4) is 0 Å². The molecule has 7 nitrogen and oxygen atoms in total. The topological polar surface area (TPSA) is 86.3 Å². The first-order chi connectivity index (χ1) is 9.13. The Balaban J connectivity index is 1.92. The lowest BCUT2D eigenvalue weighted by atomic mass is 9.96. The van der Waals surface area contributed by atoms with E-state index >= 15 is 0 Å². The molecule has 19 heavy (non-hydrogen) atoms. The molecular weight excluding hydrogens is 246 g/mol. The Morgan fingerprint density at radius 1 is 1.63 bits per heavy atom. The predicted octanol–water partition coefficient (Wildman–Crippen LogP) is -0.380.